The van der Waals surface area contributed by atoms with Gasteiger partial charge in [-0.3, -0.25) is 0 Å². The van der Waals surface area contributed by atoms with Crippen LogP contribution in [0.15, 0.2) is 23.9 Å². The fourth-order valence-corrected chi connectivity index (χ4v) is 0.735. The third-order valence-corrected chi connectivity index (χ3v) is 1.52. The van der Waals surface area contributed by atoms with Gasteiger partial charge in [0.05, 0.1) is 12.4 Å². The topological polar surface area (TPSA) is 76.4 Å². The number of rotatable bonds is 2. The molecule has 0 saturated carbocycles. The van der Waals surface area contributed by atoms with Crippen molar-refractivity contribution >= 4 is 5.84 Å². The van der Waals surface area contributed by atoms with Crippen molar-refractivity contribution in [3.63, 3.8) is 0 Å². The summed E-state index contributed by atoms with van der Waals surface area (Å²) in [5, 5.41) is 11.2. The van der Waals surface area contributed by atoms with Crippen LogP contribution in [0, 0.1) is 0 Å². The van der Waals surface area contributed by atoms with E-state index in [4.69, 9.17) is 10.9 Å². The van der Waals surface area contributed by atoms with E-state index in [0.29, 0.717) is 0 Å². The Balaban J connectivity index is 2.78. The van der Waals surface area contributed by atoms with Gasteiger partial charge in [0.2, 0.25) is 0 Å². The first-order valence-electron chi connectivity index (χ1n) is 3.20. The van der Waals surface area contributed by atoms with Crippen molar-refractivity contribution in [2.45, 2.75) is 13.0 Å². The van der Waals surface area contributed by atoms with Crippen LogP contribution in [0.3, 0.4) is 0 Å². The van der Waals surface area contributed by atoms with E-state index >= 15 is 0 Å². The fourth-order valence-electron chi connectivity index (χ4n) is 0.735. The van der Waals surface area contributed by atoms with Gasteiger partial charge >= 0.3 is 0 Å². The molecule has 0 unspecified atom stereocenters. The number of amidine groups is 1. The summed E-state index contributed by atoms with van der Waals surface area (Å²) in [7, 11) is 0. The first-order valence-corrected chi connectivity index (χ1v) is 3.20. The molecule has 0 bridgehead atoms. The SMILES string of the molecule is C[C@@H](/C(N)=N/O)n1ccnc1. The molecular weight excluding hydrogens is 144 g/mol. The van der Waals surface area contributed by atoms with Crippen LogP contribution >= 0.6 is 0 Å². The highest BCUT2D eigenvalue weighted by atomic mass is 16.4. The van der Waals surface area contributed by atoms with E-state index in [1.165, 1.54) is 0 Å². The van der Waals surface area contributed by atoms with Gasteiger partial charge in [-0.1, -0.05) is 5.16 Å². The van der Waals surface area contributed by atoms with Crippen LogP contribution < -0.4 is 5.73 Å². The van der Waals surface area contributed by atoms with Crippen molar-refractivity contribution in [1.82, 2.24) is 9.55 Å². The number of nitrogens with two attached hydrogens (primary N) is 1. The number of aromatic nitrogens is 2. The van der Waals surface area contributed by atoms with Gasteiger partial charge in [0.15, 0.2) is 5.84 Å². The molecule has 0 radical (unpaired) electrons. The Morgan fingerprint density at radius 2 is 2.55 bits per heavy atom. The minimum atomic E-state index is -0.150. The number of nitrogens with zero attached hydrogens (tertiary/aromatic N) is 3. The normalized spacial score (nSPS) is 14.8. The average Bonchev–Trinajstić information content (AvgIpc) is 2.53. The van der Waals surface area contributed by atoms with Gasteiger partial charge in [-0.2, -0.15) is 0 Å². The quantitative estimate of drug-likeness (QED) is 0.276. The molecule has 1 atom stereocenters. The van der Waals surface area contributed by atoms with Crippen molar-refractivity contribution < 1.29 is 5.21 Å². The Bertz CT molecular complexity index is 241. The molecule has 0 aromatic carbocycles. The Kier molecular flexibility index (Phi) is 2.10. The molecule has 3 N–H and O–H groups in total. The van der Waals surface area contributed by atoms with Crippen molar-refractivity contribution in [2.24, 2.45) is 10.9 Å². The van der Waals surface area contributed by atoms with Gasteiger partial charge in [-0.05, 0) is 6.92 Å². The van der Waals surface area contributed by atoms with Gasteiger partial charge in [-0.15, -0.1) is 0 Å². The largest absolute Gasteiger partial charge is 0.409 e. The summed E-state index contributed by atoms with van der Waals surface area (Å²) in [4.78, 5) is 3.83. The minimum absolute atomic E-state index is 0.150. The minimum Gasteiger partial charge on any atom is -0.409 e. The smallest absolute Gasteiger partial charge is 0.162 e. The lowest BCUT2D eigenvalue weighted by Gasteiger charge is -2.09. The van der Waals surface area contributed by atoms with Crippen LogP contribution in [-0.2, 0) is 0 Å². The van der Waals surface area contributed by atoms with E-state index in [1.54, 1.807) is 23.3 Å². The average molecular weight is 154 g/mol. The van der Waals surface area contributed by atoms with Crippen LogP contribution in [0.25, 0.3) is 0 Å². The van der Waals surface area contributed by atoms with Crippen molar-refractivity contribution in [2.75, 3.05) is 0 Å². The zero-order valence-electron chi connectivity index (χ0n) is 6.18. The second-order valence-corrected chi connectivity index (χ2v) is 2.21. The molecular formula is C6H10N4O. The fraction of sp³-hybridized carbons (Fsp3) is 0.333. The van der Waals surface area contributed by atoms with Gasteiger partial charge in [0, 0.05) is 12.4 Å². The second-order valence-electron chi connectivity index (χ2n) is 2.21. The Morgan fingerprint density at radius 3 is 3.00 bits per heavy atom. The zero-order chi connectivity index (χ0) is 8.27. The maximum atomic E-state index is 8.33. The molecule has 0 aliphatic carbocycles. The highest BCUT2D eigenvalue weighted by Crippen LogP contribution is 2.02. The number of oxime groups is 1. The summed E-state index contributed by atoms with van der Waals surface area (Å²) in [6.45, 7) is 1.82. The molecule has 0 saturated heterocycles. The number of hydrogen-bond donors (Lipinski definition) is 2. The lowest BCUT2D eigenvalue weighted by Crippen LogP contribution is -2.23. The van der Waals surface area contributed by atoms with E-state index in [0.717, 1.165) is 0 Å². The van der Waals surface area contributed by atoms with Gasteiger partial charge < -0.3 is 15.5 Å². The van der Waals surface area contributed by atoms with Gasteiger partial charge in [0.1, 0.15) is 0 Å². The van der Waals surface area contributed by atoms with Crippen LogP contribution in [0.4, 0.5) is 0 Å². The van der Waals surface area contributed by atoms with Crippen LogP contribution in [0.2, 0.25) is 0 Å². The van der Waals surface area contributed by atoms with Crippen LogP contribution in [-0.4, -0.2) is 20.6 Å². The highest BCUT2D eigenvalue weighted by Gasteiger charge is 2.07. The molecule has 1 rings (SSSR count). The first-order chi connectivity index (χ1) is 5.25. The predicted molar refractivity (Wildman–Crippen MR) is 40.3 cm³/mol. The van der Waals surface area contributed by atoms with Crippen molar-refractivity contribution in [3.8, 4) is 0 Å². The third-order valence-electron chi connectivity index (χ3n) is 1.52. The van der Waals surface area contributed by atoms with Crippen molar-refractivity contribution in [1.29, 1.82) is 0 Å². The molecule has 1 heterocycles. The second kappa shape index (κ2) is 3.05. The van der Waals surface area contributed by atoms with E-state index < -0.39 is 0 Å². The lowest BCUT2D eigenvalue weighted by molar-refractivity contribution is 0.314. The predicted octanol–water partition coefficient (Wildman–Crippen LogP) is 0.190. The maximum Gasteiger partial charge on any atom is 0.162 e. The summed E-state index contributed by atoms with van der Waals surface area (Å²) >= 11 is 0. The van der Waals surface area contributed by atoms with Gasteiger partial charge in [-0.25, -0.2) is 4.98 Å². The summed E-state index contributed by atoms with van der Waals surface area (Å²) in [6, 6.07) is -0.150. The summed E-state index contributed by atoms with van der Waals surface area (Å²) < 4.78 is 1.75. The van der Waals surface area contributed by atoms with E-state index in [9.17, 15) is 0 Å². The number of imidazole rings is 1. The molecule has 0 aliphatic rings. The van der Waals surface area contributed by atoms with Crippen molar-refractivity contribution in [3.05, 3.63) is 18.7 Å². The molecule has 0 fully saturated rings. The molecule has 1 aromatic heterocycles. The zero-order valence-corrected chi connectivity index (χ0v) is 6.18. The highest BCUT2D eigenvalue weighted by molar-refractivity contribution is 5.83. The summed E-state index contributed by atoms with van der Waals surface area (Å²) in [5.74, 6) is 0.169. The summed E-state index contributed by atoms with van der Waals surface area (Å²) in [6.07, 6.45) is 5.01. The van der Waals surface area contributed by atoms with E-state index in [1.807, 2.05) is 6.92 Å². The molecule has 0 aliphatic heterocycles. The number of hydrogen-bond acceptors (Lipinski definition) is 3. The van der Waals surface area contributed by atoms with E-state index in [2.05, 4.69) is 10.1 Å². The standard InChI is InChI=1S/C6H10N4O/c1-5(6(7)9-11)10-3-2-8-4-10/h2-5,11H,1H3,(H2,7,9)/t5-/m0/s1. The summed E-state index contributed by atoms with van der Waals surface area (Å²) in [5.41, 5.74) is 5.36. The molecule has 60 valence electrons. The molecule has 0 amide bonds. The Labute approximate surface area is 64.1 Å². The van der Waals surface area contributed by atoms with Crippen LogP contribution in [0.1, 0.15) is 13.0 Å². The third kappa shape index (κ3) is 1.49. The van der Waals surface area contributed by atoms with Gasteiger partial charge in [0.25, 0.3) is 0 Å². The monoisotopic (exact) mass is 154 g/mol. The molecule has 5 heteroatoms. The maximum absolute atomic E-state index is 8.33. The Hall–Kier alpha value is -1.52. The molecule has 1 aromatic rings. The lowest BCUT2D eigenvalue weighted by atomic mass is 10.3. The van der Waals surface area contributed by atoms with Crippen LogP contribution in [0.5, 0.6) is 0 Å². The molecule has 11 heavy (non-hydrogen) atoms. The molecule has 5 nitrogen and oxygen atoms in total. The first kappa shape index (κ1) is 7.59. The molecule has 0 spiro atoms. The Morgan fingerprint density at radius 1 is 1.82 bits per heavy atom. The van der Waals surface area contributed by atoms with E-state index in [-0.39, 0.29) is 11.9 Å².